The number of benzene rings is 1. The molecule has 0 radical (unpaired) electrons. The van der Waals surface area contributed by atoms with E-state index in [2.05, 4.69) is 0 Å². The van der Waals surface area contributed by atoms with E-state index in [1.807, 2.05) is 6.07 Å². The highest BCUT2D eigenvalue weighted by Crippen LogP contribution is 2.08. The van der Waals surface area contributed by atoms with Crippen molar-refractivity contribution in [3.63, 3.8) is 0 Å². The molecule has 0 bridgehead atoms. The second kappa shape index (κ2) is 3.66. The Morgan fingerprint density at radius 2 is 1.81 bits per heavy atom. The quantitative estimate of drug-likeness (QED) is 0.639. The standard InChI is InChI=1S/C11H9N3O2/c1-13-8-4-2-3-5-9(8)14(7-6-12)11(16)10(13)15/h2-5H,7H2,1H3. The van der Waals surface area contributed by atoms with E-state index in [1.165, 1.54) is 9.13 Å². The lowest BCUT2D eigenvalue weighted by atomic mass is 10.3. The second-order valence-electron chi connectivity index (χ2n) is 3.40. The zero-order valence-electron chi connectivity index (χ0n) is 8.67. The minimum Gasteiger partial charge on any atom is -0.305 e. The van der Waals surface area contributed by atoms with E-state index in [1.54, 1.807) is 31.3 Å². The summed E-state index contributed by atoms with van der Waals surface area (Å²) in [5, 5.41) is 8.65. The highest BCUT2D eigenvalue weighted by molar-refractivity contribution is 5.75. The van der Waals surface area contributed by atoms with Crippen LogP contribution < -0.4 is 11.1 Å². The van der Waals surface area contributed by atoms with Crippen molar-refractivity contribution in [2.24, 2.45) is 7.05 Å². The molecule has 0 unspecified atom stereocenters. The molecule has 5 nitrogen and oxygen atoms in total. The number of aryl methyl sites for hydroxylation is 1. The predicted octanol–water partition coefficient (Wildman–Crippen LogP) is 0.224. The summed E-state index contributed by atoms with van der Waals surface area (Å²) in [4.78, 5) is 23.3. The Balaban J connectivity index is 3.05. The molecule has 80 valence electrons. The van der Waals surface area contributed by atoms with Gasteiger partial charge in [0.05, 0.1) is 17.1 Å². The lowest BCUT2D eigenvalue weighted by Gasteiger charge is -2.08. The van der Waals surface area contributed by atoms with Gasteiger partial charge in [-0.25, -0.2) is 0 Å². The molecule has 0 N–H and O–H groups in total. The molecule has 16 heavy (non-hydrogen) atoms. The maximum Gasteiger partial charge on any atom is 0.317 e. The summed E-state index contributed by atoms with van der Waals surface area (Å²) >= 11 is 0. The van der Waals surface area contributed by atoms with Crippen LogP contribution in [0.25, 0.3) is 11.0 Å². The number of fused-ring (bicyclic) bond motifs is 1. The summed E-state index contributed by atoms with van der Waals surface area (Å²) in [6.07, 6.45) is 0. The molecule has 0 fully saturated rings. The molecule has 0 atom stereocenters. The van der Waals surface area contributed by atoms with Crippen LogP contribution in [0.3, 0.4) is 0 Å². The molecule has 1 aromatic carbocycles. The number of aromatic nitrogens is 2. The molecule has 1 aromatic heterocycles. The molecule has 2 rings (SSSR count). The maximum atomic E-state index is 11.7. The highest BCUT2D eigenvalue weighted by Gasteiger charge is 2.09. The Morgan fingerprint density at radius 1 is 1.19 bits per heavy atom. The van der Waals surface area contributed by atoms with Crippen molar-refractivity contribution >= 4 is 11.0 Å². The van der Waals surface area contributed by atoms with E-state index in [0.29, 0.717) is 11.0 Å². The van der Waals surface area contributed by atoms with Gasteiger partial charge < -0.3 is 4.57 Å². The van der Waals surface area contributed by atoms with Crippen LogP contribution in [-0.4, -0.2) is 9.13 Å². The molecule has 0 amide bonds. The fourth-order valence-corrected chi connectivity index (χ4v) is 1.68. The lowest BCUT2D eigenvalue weighted by Crippen LogP contribution is -2.40. The molecule has 1 heterocycles. The van der Waals surface area contributed by atoms with Gasteiger partial charge in [-0.05, 0) is 12.1 Å². The van der Waals surface area contributed by atoms with Gasteiger partial charge in [-0.15, -0.1) is 0 Å². The van der Waals surface area contributed by atoms with Crippen molar-refractivity contribution in [2.75, 3.05) is 0 Å². The third-order valence-corrected chi connectivity index (χ3v) is 2.50. The van der Waals surface area contributed by atoms with Crippen LogP contribution in [0, 0.1) is 11.3 Å². The van der Waals surface area contributed by atoms with Gasteiger partial charge in [0.1, 0.15) is 6.54 Å². The SMILES string of the molecule is Cn1c(=O)c(=O)n(CC#N)c2ccccc21. The molecule has 0 saturated heterocycles. The first-order chi connectivity index (χ1) is 7.66. The van der Waals surface area contributed by atoms with Gasteiger partial charge in [-0.1, -0.05) is 12.1 Å². The van der Waals surface area contributed by atoms with E-state index in [0.717, 1.165) is 0 Å². The van der Waals surface area contributed by atoms with Gasteiger partial charge in [-0.2, -0.15) is 5.26 Å². The first-order valence-corrected chi connectivity index (χ1v) is 4.72. The first kappa shape index (κ1) is 10.2. The molecule has 0 spiro atoms. The smallest absolute Gasteiger partial charge is 0.305 e. The summed E-state index contributed by atoms with van der Waals surface area (Å²) in [6, 6.07) is 8.88. The molecule has 0 saturated carbocycles. The van der Waals surface area contributed by atoms with Crippen LogP contribution in [0.15, 0.2) is 33.9 Å². The summed E-state index contributed by atoms with van der Waals surface area (Å²) in [7, 11) is 1.54. The van der Waals surface area contributed by atoms with Gasteiger partial charge in [0.25, 0.3) is 0 Å². The Kier molecular flexibility index (Phi) is 2.33. The largest absolute Gasteiger partial charge is 0.317 e. The fraction of sp³-hybridized carbons (Fsp3) is 0.182. The van der Waals surface area contributed by atoms with Crippen LogP contribution in [-0.2, 0) is 13.6 Å². The third kappa shape index (κ3) is 1.32. The Hall–Kier alpha value is -2.35. The van der Waals surface area contributed by atoms with Crippen molar-refractivity contribution in [1.82, 2.24) is 9.13 Å². The van der Waals surface area contributed by atoms with Crippen LogP contribution in [0.5, 0.6) is 0 Å². The zero-order chi connectivity index (χ0) is 11.7. The van der Waals surface area contributed by atoms with Crippen LogP contribution in [0.2, 0.25) is 0 Å². The van der Waals surface area contributed by atoms with E-state index in [4.69, 9.17) is 5.26 Å². The first-order valence-electron chi connectivity index (χ1n) is 4.72. The lowest BCUT2D eigenvalue weighted by molar-refractivity contribution is 0.761. The second-order valence-corrected chi connectivity index (χ2v) is 3.40. The van der Waals surface area contributed by atoms with Crippen molar-refractivity contribution in [2.45, 2.75) is 6.54 Å². The fourth-order valence-electron chi connectivity index (χ4n) is 1.68. The molecular formula is C11H9N3O2. The topological polar surface area (TPSA) is 67.8 Å². The molecule has 0 aliphatic rings. The minimum absolute atomic E-state index is 0.116. The number of nitrogens with zero attached hydrogens (tertiary/aromatic N) is 3. The number of hydrogen-bond donors (Lipinski definition) is 0. The normalized spacial score (nSPS) is 10.2. The minimum atomic E-state index is -0.664. The predicted molar refractivity (Wildman–Crippen MR) is 59.1 cm³/mol. The average Bonchev–Trinajstić information content (AvgIpc) is 2.32. The summed E-state index contributed by atoms with van der Waals surface area (Å²) in [5.41, 5.74) is -0.0461. The summed E-state index contributed by atoms with van der Waals surface area (Å²) in [5.74, 6) is 0. The third-order valence-electron chi connectivity index (χ3n) is 2.50. The summed E-state index contributed by atoms with van der Waals surface area (Å²) in [6.45, 7) is -0.116. The number of rotatable bonds is 1. The van der Waals surface area contributed by atoms with Gasteiger partial charge in [0, 0.05) is 7.05 Å². The average molecular weight is 215 g/mol. The number of nitriles is 1. The zero-order valence-corrected chi connectivity index (χ0v) is 8.67. The Bertz CT molecular complexity index is 704. The number of hydrogen-bond acceptors (Lipinski definition) is 3. The van der Waals surface area contributed by atoms with E-state index >= 15 is 0 Å². The monoisotopic (exact) mass is 215 g/mol. The van der Waals surface area contributed by atoms with E-state index in [-0.39, 0.29) is 6.54 Å². The Labute approximate surface area is 90.8 Å². The van der Waals surface area contributed by atoms with Gasteiger partial charge >= 0.3 is 11.1 Å². The van der Waals surface area contributed by atoms with Gasteiger partial charge in [0.2, 0.25) is 0 Å². The van der Waals surface area contributed by atoms with Crippen LogP contribution in [0.4, 0.5) is 0 Å². The highest BCUT2D eigenvalue weighted by atomic mass is 16.2. The van der Waals surface area contributed by atoms with Crippen molar-refractivity contribution < 1.29 is 0 Å². The van der Waals surface area contributed by atoms with Crippen molar-refractivity contribution in [1.29, 1.82) is 5.26 Å². The van der Waals surface area contributed by atoms with Gasteiger partial charge in [0.15, 0.2) is 0 Å². The van der Waals surface area contributed by atoms with Crippen LogP contribution >= 0.6 is 0 Å². The van der Waals surface area contributed by atoms with E-state index in [9.17, 15) is 9.59 Å². The van der Waals surface area contributed by atoms with Crippen molar-refractivity contribution in [3.05, 3.63) is 45.0 Å². The van der Waals surface area contributed by atoms with Crippen molar-refractivity contribution in [3.8, 4) is 6.07 Å². The van der Waals surface area contributed by atoms with Crippen LogP contribution in [0.1, 0.15) is 0 Å². The molecule has 0 aliphatic heterocycles. The Morgan fingerprint density at radius 3 is 2.44 bits per heavy atom. The van der Waals surface area contributed by atoms with Gasteiger partial charge in [-0.3, -0.25) is 14.2 Å². The number of para-hydroxylation sites is 2. The van der Waals surface area contributed by atoms with E-state index < -0.39 is 11.1 Å². The molecule has 0 aliphatic carbocycles. The molecule has 5 heteroatoms. The summed E-state index contributed by atoms with van der Waals surface area (Å²) < 4.78 is 2.49. The molecule has 2 aromatic rings. The molecular weight excluding hydrogens is 206 g/mol. The maximum absolute atomic E-state index is 11.7.